The zero-order valence-electron chi connectivity index (χ0n) is 13.9. The molecule has 1 aliphatic rings. The van der Waals surface area contributed by atoms with Crippen LogP contribution in [0.25, 0.3) is 0 Å². The molecular formula is C17H15Cl2F3N4O. The summed E-state index contributed by atoms with van der Waals surface area (Å²) in [5, 5.41) is 5.73. The number of nitrogens with one attached hydrogen (secondary N) is 2. The Balaban J connectivity index is 1.83. The number of alkyl halides is 3. The lowest BCUT2D eigenvalue weighted by Gasteiger charge is -2.25. The Morgan fingerprint density at radius 2 is 1.85 bits per heavy atom. The number of halogens is 5. The van der Waals surface area contributed by atoms with Gasteiger partial charge in [0.15, 0.2) is 5.69 Å². The summed E-state index contributed by atoms with van der Waals surface area (Å²) in [5.74, 6) is -0.847. The molecule has 1 amide bonds. The molecule has 1 aromatic carbocycles. The van der Waals surface area contributed by atoms with Crippen molar-refractivity contribution in [2.75, 3.05) is 11.9 Å². The van der Waals surface area contributed by atoms with E-state index < -0.39 is 23.3 Å². The van der Waals surface area contributed by atoms with Gasteiger partial charge in [0.25, 0.3) is 5.91 Å². The largest absolute Gasteiger partial charge is 0.434 e. The summed E-state index contributed by atoms with van der Waals surface area (Å²) >= 11 is 11.7. The van der Waals surface area contributed by atoms with Gasteiger partial charge < -0.3 is 10.6 Å². The number of anilines is 2. The Morgan fingerprint density at radius 3 is 2.41 bits per heavy atom. The molecule has 0 atom stereocenters. The molecule has 144 valence electrons. The van der Waals surface area contributed by atoms with Crippen LogP contribution in [-0.4, -0.2) is 22.4 Å². The van der Waals surface area contributed by atoms with E-state index in [0.29, 0.717) is 28.2 Å². The SMILES string of the molecule is O=C(NCC1CCC1)c1cnc(Nc2cc(Cl)cc(Cl)c2)nc1C(F)(F)F. The van der Waals surface area contributed by atoms with Gasteiger partial charge >= 0.3 is 6.18 Å². The molecule has 1 fully saturated rings. The topological polar surface area (TPSA) is 66.9 Å². The minimum Gasteiger partial charge on any atom is -0.352 e. The van der Waals surface area contributed by atoms with E-state index in [4.69, 9.17) is 23.2 Å². The first-order valence-electron chi connectivity index (χ1n) is 8.18. The van der Waals surface area contributed by atoms with Crippen LogP contribution in [0.3, 0.4) is 0 Å². The number of hydrogen-bond donors (Lipinski definition) is 2. The summed E-state index contributed by atoms with van der Waals surface area (Å²) in [6, 6.07) is 4.40. The van der Waals surface area contributed by atoms with E-state index in [9.17, 15) is 18.0 Å². The van der Waals surface area contributed by atoms with E-state index in [1.165, 1.54) is 18.2 Å². The van der Waals surface area contributed by atoms with Gasteiger partial charge in [-0.25, -0.2) is 9.97 Å². The van der Waals surface area contributed by atoms with Crippen LogP contribution < -0.4 is 10.6 Å². The molecule has 27 heavy (non-hydrogen) atoms. The van der Waals surface area contributed by atoms with Crippen molar-refractivity contribution in [1.29, 1.82) is 0 Å². The number of hydrogen-bond acceptors (Lipinski definition) is 4. The van der Waals surface area contributed by atoms with Gasteiger partial charge in [-0.15, -0.1) is 0 Å². The van der Waals surface area contributed by atoms with Crippen molar-refractivity contribution in [1.82, 2.24) is 15.3 Å². The van der Waals surface area contributed by atoms with Crippen LogP contribution in [0.5, 0.6) is 0 Å². The lowest BCUT2D eigenvalue weighted by Crippen LogP contribution is -2.33. The maximum Gasteiger partial charge on any atom is 0.434 e. The Bertz CT molecular complexity index is 836. The van der Waals surface area contributed by atoms with E-state index in [1.807, 2.05) is 0 Å². The van der Waals surface area contributed by atoms with Crippen molar-refractivity contribution in [3.63, 3.8) is 0 Å². The summed E-state index contributed by atoms with van der Waals surface area (Å²) < 4.78 is 40.2. The lowest BCUT2D eigenvalue weighted by atomic mass is 9.85. The maximum absolute atomic E-state index is 13.4. The average Bonchev–Trinajstić information content (AvgIpc) is 2.51. The summed E-state index contributed by atoms with van der Waals surface area (Å²) in [5.41, 5.74) is -1.60. The third-order valence-electron chi connectivity index (χ3n) is 4.20. The molecule has 0 spiro atoms. The fraction of sp³-hybridized carbons (Fsp3) is 0.353. The van der Waals surface area contributed by atoms with Gasteiger partial charge in [0.05, 0.1) is 5.56 Å². The second-order valence-corrected chi connectivity index (χ2v) is 7.12. The molecule has 1 heterocycles. The monoisotopic (exact) mass is 418 g/mol. The van der Waals surface area contributed by atoms with Crippen molar-refractivity contribution in [3.05, 3.63) is 45.7 Å². The van der Waals surface area contributed by atoms with Gasteiger partial charge in [0, 0.05) is 28.5 Å². The maximum atomic E-state index is 13.4. The minimum atomic E-state index is -4.81. The van der Waals surface area contributed by atoms with Crippen molar-refractivity contribution >= 4 is 40.7 Å². The normalized spacial score (nSPS) is 14.6. The third kappa shape index (κ3) is 5.01. The summed E-state index contributed by atoms with van der Waals surface area (Å²) in [6.07, 6.45) is -0.942. The highest BCUT2D eigenvalue weighted by Crippen LogP contribution is 2.32. The van der Waals surface area contributed by atoms with Crippen LogP contribution >= 0.6 is 23.2 Å². The molecule has 1 saturated carbocycles. The van der Waals surface area contributed by atoms with Gasteiger partial charge in [0.1, 0.15) is 0 Å². The number of amides is 1. The van der Waals surface area contributed by atoms with E-state index in [-0.39, 0.29) is 5.95 Å². The molecule has 3 rings (SSSR count). The highest BCUT2D eigenvalue weighted by atomic mass is 35.5. The summed E-state index contributed by atoms with van der Waals surface area (Å²) in [4.78, 5) is 19.5. The first-order chi connectivity index (χ1) is 12.7. The molecule has 2 aromatic rings. The second-order valence-electron chi connectivity index (χ2n) is 6.24. The van der Waals surface area contributed by atoms with E-state index in [0.717, 1.165) is 25.5 Å². The highest BCUT2D eigenvalue weighted by Gasteiger charge is 2.38. The van der Waals surface area contributed by atoms with Gasteiger partial charge in [-0.05, 0) is 37.0 Å². The first kappa shape index (κ1) is 19.7. The van der Waals surface area contributed by atoms with E-state index in [1.54, 1.807) is 0 Å². The fourth-order valence-electron chi connectivity index (χ4n) is 2.61. The van der Waals surface area contributed by atoms with E-state index in [2.05, 4.69) is 20.6 Å². The van der Waals surface area contributed by atoms with Gasteiger partial charge in [-0.3, -0.25) is 4.79 Å². The van der Waals surface area contributed by atoms with Gasteiger partial charge in [-0.2, -0.15) is 13.2 Å². The van der Waals surface area contributed by atoms with Crippen LogP contribution in [0.4, 0.5) is 24.8 Å². The van der Waals surface area contributed by atoms with E-state index >= 15 is 0 Å². The van der Waals surface area contributed by atoms with Gasteiger partial charge in [-0.1, -0.05) is 29.6 Å². The molecule has 10 heteroatoms. The number of rotatable bonds is 5. The van der Waals surface area contributed by atoms with Crippen LogP contribution in [0.1, 0.15) is 35.3 Å². The molecular weight excluding hydrogens is 404 g/mol. The van der Waals surface area contributed by atoms with Crippen LogP contribution in [0, 0.1) is 5.92 Å². The van der Waals surface area contributed by atoms with Crippen LogP contribution in [0.15, 0.2) is 24.4 Å². The molecule has 1 aromatic heterocycles. The standard InChI is InChI=1S/C17H15Cl2F3N4O/c18-10-4-11(19)6-12(5-10)25-16-24-8-13(14(26-16)17(20,21)22)15(27)23-7-9-2-1-3-9/h4-6,8-9H,1-3,7H2,(H,23,27)(H,24,25,26). The zero-order valence-corrected chi connectivity index (χ0v) is 15.4. The predicted molar refractivity (Wildman–Crippen MR) is 96.5 cm³/mol. The second kappa shape index (κ2) is 7.90. The Hall–Kier alpha value is -2.06. The van der Waals surface area contributed by atoms with Crippen molar-refractivity contribution in [3.8, 4) is 0 Å². The Morgan fingerprint density at radius 1 is 1.19 bits per heavy atom. The number of carbonyl (C=O) groups is 1. The molecule has 5 nitrogen and oxygen atoms in total. The number of nitrogens with zero attached hydrogens (tertiary/aromatic N) is 2. The first-order valence-corrected chi connectivity index (χ1v) is 8.93. The van der Waals surface area contributed by atoms with Crippen LogP contribution in [-0.2, 0) is 6.18 Å². The molecule has 1 aliphatic carbocycles. The Kier molecular flexibility index (Phi) is 5.76. The zero-order chi connectivity index (χ0) is 19.6. The third-order valence-corrected chi connectivity index (χ3v) is 4.63. The Labute approximate surface area is 163 Å². The molecule has 0 saturated heterocycles. The summed E-state index contributed by atoms with van der Waals surface area (Å²) in [6.45, 7) is 0.344. The van der Waals surface area contributed by atoms with Crippen molar-refractivity contribution in [2.45, 2.75) is 25.4 Å². The van der Waals surface area contributed by atoms with Crippen LogP contribution in [0.2, 0.25) is 10.0 Å². The average molecular weight is 419 g/mol. The van der Waals surface area contributed by atoms with Crippen molar-refractivity contribution < 1.29 is 18.0 Å². The van der Waals surface area contributed by atoms with Crippen molar-refractivity contribution in [2.24, 2.45) is 5.92 Å². The quantitative estimate of drug-likeness (QED) is 0.710. The fourth-order valence-corrected chi connectivity index (χ4v) is 3.13. The lowest BCUT2D eigenvalue weighted by molar-refractivity contribution is -0.141. The predicted octanol–water partition coefficient (Wildman–Crippen LogP) is 5.08. The highest BCUT2D eigenvalue weighted by molar-refractivity contribution is 6.35. The molecule has 2 N–H and O–H groups in total. The minimum absolute atomic E-state index is 0.299. The number of benzene rings is 1. The number of carbonyl (C=O) groups excluding carboxylic acids is 1. The number of aromatic nitrogens is 2. The van der Waals surface area contributed by atoms with Gasteiger partial charge in [0.2, 0.25) is 5.95 Å². The summed E-state index contributed by atoms with van der Waals surface area (Å²) in [7, 11) is 0. The molecule has 0 radical (unpaired) electrons. The smallest absolute Gasteiger partial charge is 0.352 e. The molecule has 0 unspecified atom stereocenters. The molecule has 0 bridgehead atoms. The molecule has 0 aliphatic heterocycles.